The number of nitrogens with zero attached hydrogens (tertiary/aromatic N) is 2. The highest BCUT2D eigenvalue weighted by atomic mass is 15.2. The maximum Gasteiger partial charge on any atom is 0.0600 e. The maximum absolute atomic E-state index is 4.36. The Morgan fingerprint density at radius 3 is 3.00 bits per heavy atom. The molecular formula is C17H29N3. The predicted octanol–water partition coefficient (Wildman–Crippen LogP) is 3.60. The molecule has 1 fully saturated rings. The van der Waals surface area contributed by atoms with E-state index in [2.05, 4.69) is 48.2 Å². The first-order chi connectivity index (χ1) is 9.72. The van der Waals surface area contributed by atoms with Gasteiger partial charge in [-0.1, -0.05) is 20.8 Å². The molecule has 0 aliphatic carbocycles. The van der Waals surface area contributed by atoms with Gasteiger partial charge in [0.05, 0.1) is 11.9 Å². The van der Waals surface area contributed by atoms with Gasteiger partial charge in [-0.2, -0.15) is 0 Å². The molecule has 3 nitrogen and oxygen atoms in total. The molecule has 2 rings (SSSR count). The minimum Gasteiger partial charge on any atom is -0.367 e. The molecule has 0 radical (unpaired) electrons. The highest BCUT2D eigenvalue weighted by molar-refractivity contribution is 5.52. The molecule has 1 saturated heterocycles. The summed E-state index contributed by atoms with van der Waals surface area (Å²) in [7, 11) is 0. The summed E-state index contributed by atoms with van der Waals surface area (Å²) in [5.41, 5.74) is 2.73. The lowest BCUT2D eigenvalue weighted by Crippen LogP contribution is -2.40. The van der Waals surface area contributed by atoms with E-state index >= 15 is 0 Å². The molecule has 0 saturated carbocycles. The number of rotatable bonds is 6. The third-order valence-electron chi connectivity index (χ3n) is 4.16. The molecule has 1 aromatic rings. The quantitative estimate of drug-likeness (QED) is 0.860. The van der Waals surface area contributed by atoms with Crippen molar-refractivity contribution in [2.24, 2.45) is 5.92 Å². The van der Waals surface area contributed by atoms with Gasteiger partial charge < -0.3 is 10.2 Å². The number of nitrogens with one attached hydrogen (secondary N) is 1. The van der Waals surface area contributed by atoms with E-state index in [4.69, 9.17) is 0 Å². The maximum atomic E-state index is 4.36. The summed E-state index contributed by atoms with van der Waals surface area (Å²) in [5, 5.41) is 3.56. The molecule has 0 aromatic carbocycles. The standard InChI is InChI=1S/C17H29N3/c1-4-16-7-5-6-10-20(16)17-13-18-9-8-15(17)12-19-11-14(2)3/h8-9,13-14,16,19H,4-7,10-12H2,1-3H3. The normalized spacial score (nSPS) is 19.6. The van der Waals surface area contributed by atoms with Gasteiger partial charge in [-0.25, -0.2) is 0 Å². The minimum absolute atomic E-state index is 0.691. The number of hydrogen-bond donors (Lipinski definition) is 1. The molecule has 0 amide bonds. The van der Waals surface area contributed by atoms with Gasteiger partial charge in [-0.3, -0.25) is 4.98 Å². The molecule has 1 N–H and O–H groups in total. The summed E-state index contributed by atoms with van der Waals surface area (Å²) in [4.78, 5) is 6.95. The van der Waals surface area contributed by atoms with Crippen molar-refractivity contribution >= 4 is 5.69 Å². The Morgan fingerprint density at radius 1 is 1.40 bits per heavy atom. The fraction of sp³-hybridized carbons (Fsp3) is 0.706. The Hall–Kier alpha value is -1.09. The van der Waals surface area contributed by atoms with Crippen LogP contribution in [0, 0.1) is 5.92 Å². The lowest BCUT2D eigenvalue weighted by Gasteiger charge is -2.38. The highest BCUT2D eigenvalue weighted by Gasteiger charge is 2.22. The van der Waals surface area contributed by atoms with Gasteiger partial charge in [0.1, 0.15) is 0 Å². The fourth-order valence-electron chi connectivity index (χ4n) is 3.06. The Bertz CT molecular complexity index is 403. The molecule has 1 aromatic heterocycles. The molecule has 1 unspecified atom stereocenters. The topological polar surface area (TPSA) is 28.2 Å². The average molecular weight is 275 g/mol. The van der Waals surface area contributed by atoms with E-state index in [1.165, 1.54) is 43.5 Å². The smallest absolute Gasteiger partial charge is 0.0600 e. The summed E-state index contributed by atoms with van der Waals surface area (Å²) in [5.74, 6) is 0.693. The third kappa shape index (κ3) is 3.95. The van der Waals surface area contributed by atoms with Crippen LogP contribution in [0.25, 0.3) is 0 Å². The monoisotopic (exact) mass is 275 g/mol. The minimum atomic E-state index is 0.691. The van der Waals surface area contributed by atoms with Crippen molar-refractivity contribution in [2.75, 3.05) is 18.0 Å². The van der Waals surface area contributed by atoms with Gasteiger partial charge >= 0.3 is 0 Å². The molecular weight excluding hydrogens is 246 g/mol. The van der Waals surface area contributed by atoms with Crippen molar-refractivity contribution in [3.8, 4) is 0 Å². The second-order valence-corrected chi connectivity index (χ2v) is 6.28. The summed E-state index contributed by atoms with van der Waals surface area (Å²) < 4.78 is 0. The number of hydrogen-bond acceptors (Lipinski definition) is 3. The molecule has 0 bridgehead atoms. The molecule has 3 heteroatoms. The zero-order valence-electron chi connectivity index (χ0n) is 13.2. The van der Waals surface area contributed by atoms with Crippen molar-refractivity contribution in [3.05, 3.63) is 24.0 Å². The molecule has 2 heterocycles. The van der Waals surface area contributed by atoms with Crippen LogP contribution in [0.15, 0.2) is 18.5 Å². The zero-order valence-corrected chi connectivity index (χ0v) is 13.2. The van der Waals surface area contributed by atoms with E-state index in [1.54, 1.807) is 0 Å². The Balaban J connectivity index is 2.09. The van der Waals surface area contributed by atoms with Gasteiger partial charge in [-0.15, -0.1) is 0 Å². The van der Waals surface area contributed by atoms with E-state index in [-0.39, 0.29) is 0 Å². The Labute approximate surface area is 123 Å². The van der Waals surface area contributed by atoms with Gasteiger partial charge in [-0.05, 0) is 49.8 Å². The van der Waals surface area contributed by atoms with Gasteiger partial charge in [0.2, 0.25) is 0 Å². The van der Waals surface area contributed by atoms with Crippen LogP contribution in [0.2, 0.25) is 0 Å². The van der Waals surface area contributed by atoms with Crippen LogP contribution in [-0.2, 0) is 6.54 Å². The number of piperidine rings is 1. The van der Waals surface area contributed by atoms with Crippen LogP contribution in [0.5, 0.6) is 0 Å². The Morgan fingerprint density at radius 2 is 2.25 bits per heavy atom. The first-order valence-corrected chi connectivity index (χ1v) is 8.12. The fourth-order valence-corrected chi connectivity index (χ4v) is 3.06. The van der Waals surface area contributed by atoms with Crippen LogP contribution in [-0.4, -0.2) is 24.1 Å². The van der Waals surface area contributed by atoms with Crippen LogP contribution < -0.4 is 10.2 Å². The number of aromatic nitrogens is 1. The number of pyridine rings is 1. The van der Waals surface area contributed by atoms with E-state index in [0.717, 1.165) is 13.1 Å². The van der Waals surface area contributed by atoms with Crippen molar-refractivity contribution in [3.63, 3.8) is 0 Å². The molecule has 1 atom stereocenters. The van der Waals surface area contributed by atoms with Crippen LogP contribution in [0.3, 0.4) is 0 Å². The second kappa shape index (κ2) is 7.63. The van der Waals surface area contributed by atoms with Crippen molar-refractivity contribution in [1.29, 1.82) is 0 Å². The van der Waals surface area contributed by atoms with Crippen molar-refractivity contribution in [1.82, 2.24) is 10.3 Å². The first kappa shape index (κ1) is 15.3. The predicted molar refractivity (Wildman–Crippen MR) is 86.1 cm³/mol. The summed E-state index contributed by atoms with van der Waals surface area (Å²) in [6.07, 6.45) is 9.21. The lowest BCUT2D eigenvalue weighted by atomic mass is 9.98. The Kier molecular flexibility index (Phi) is 5.84. The molecule has 1 aliphatic heterocycles. The third-order valence-corrected chi connectivity index (χ3v) is 4.16. The van der Waals surface area contributed by atoms with Gasteiger partial charge in [0.15, 0.2) is 0 Å². The van der Waals surface area contributed by atoms with E-state index in [9.17, 15) is 0 Å². The van der Waals surface area contributed by atoms with Gasteiger partial charge in [0.25, 0.3) is 0 Å². The second-order valence-electron chi connectivity index (χ2n) is 6.28. The van der Waals surface area contributed by atoms with Crippen LogP contribution >= 0.6 is 0 Å². The van der Waals surface area contributed by atoms with E-state index in [0.29, 0.717) is 12.0 Å². The average Bonchev–Trinajstić information content (AvgIpc) is 2.47. The van der Waals surface area contributed by atoms with Crippen LogP contribution in [0.1, 0.15) is 52.0 Å². The van der Waals surface area contributed by atoms with Gasteiger partial charge in [0, 0.05) is 25.3 Å². The van der Waals surface area contributed by atoms with E-state index in [1.807, 2.05) is 6.20 Å². The molecule has 20 heavy (non-hydrogen) atoms. The number of anilines is 1. The van der Waals surface area contributed by atoms with Crippen molar-refractivity contribution < 1.29 is 0 Å². The lowest BCUT2D eigenvalue weighted by molar-refractivity contribution is 0.448. The largest absolute Gasteiger partial charge is 0.367 e. The molecule has 1 aliphatic rings. The van der Waals surface area contributed by atoms with Crippen LogP contribution in [0.4, 0.5) is 5.69 Å². The highest BCUT2D eigenvalue weighted by Crippen LogP contribution is 2.28. The summed E-state index contributed by atoms with van der Waals surface area (Å²) in [6, 6.07) is 2.86. The molecule has 0 spiro atoms. The van der Waals surface area contributed by atoms with Crippen molar-refractivity contribution in [2.45, 2.75) is 59.0 Å². The molecule has 112 valence electrons. The summed E-state index contributed by atoms with van der Waals surface area (Å²) in [6.45, 7) is 10.00. The van der Waals surface area contributed by atoms with E-state index < -0.39 is 0 Å². The summed E-state index contributed by atoms with van der Waals surface area (Å²) >= 11 is 0. The SMILES string of the molecule is CCC1CCCCN1c1cnccc1CNCC(C)C. The first-order valence-electron chi connectivity index (χ1n) is 8.12. The zero-order chi connectivity index (χ0) is 14.4.